The lowest BCUT2D eigenvalue weighted by atomic mass is 10.1. The van der Waals surface area contributed by atoms with Gasteiger partial charge >= 0.3 is 0 Å². The molecule has 0 bridgehead atoms. The average molecular weight is 624 g/mol. The molecular formula is C34H30FN5O4S. The maximum Gasteiger partial charge on any atom is 0.271 e. The standard InChI is InChI=1S/C34H30FN5O4S/c1-3-43-31-18-23(10-17-30(31)44-20-32(41)38-28-7-5-4-6-27(28)35)19-36-40-33(42)25-13-11-24(12-14-25)29-21-45-34(39-29)37-26-15-8-22(2)9-16-26/h4-19,21H,3,20H2,1-2H3,(H,37,39)(H,38,41)(H,40,42)/b36-19+. The van der Waals surface area contributed by atoms with Crippen molar-refractivity contribution < 1.29 is 23.5 Å². The van der Waals surface area contributed by atoms with Gasteiger partial charge in [-0.15, -0.1) is 11.3 Å². The number of anilines is 3. The molecule has 45 heavy (non-hydrogen) atoms. The van der Waals surface area contributed by atoms with Crippen molar-refractivity contribution in [1.29, 1.82) is 0 Å². The number of aromatic nitrogens is 1. The predicted octanol–water partition coefficient (Wildman–Crippen LogP) is 7.18. The van der Waals surface area contributed by atoms with Crippen LogP contribution in [0.5, 0.6) is 11.5 Å². The minimum atomic E-state index is -0.537. The van der Waals surface area contributed by atoms with Crippen LogP contribution in [0.3, 0.4) is 0 Å². The lowest BCUT2D eigenvalue weighted by Gasteiger charge is -2.13. The molecule has 0 aliphatic carbocycles. The maximum absolute atomic E-state index is 13.8. The zero-order valence-corrected chi connectivity index (χ0v) is 25.4. The number of aryl methyl sites for hydroxylation is 1. The van der Waals surface area contributed by atoms with E-state index in [-0.39, 0.29) is 18.2 Å². The van der Waals surface area contributed by atoms with Crippen LogP contribution in [0.2, 0.25) is 0 Å². The molecule has 0 spiro atoms. The van der Waals surface area contributed by atoms with Crippen molar-refractivity contribution in [2.45, 2.75) is 13.8 Å². The summed E-state index contributed by atoms with van der Waals surface area (Å²) in [6.45, 7) is 3.87. The van der Waals surface area contributed by atoms with Crippen LogP contribution in [0, 0.1) is 12.7 Å². The number of amides is 2. The summed E-state index contributed by atoms with van der Waals surface area (Å²) in [5, 5.41) is 12.6. The molecule has 0 aliphatic heterocycles. The summed E-state index contributed by atoms with van der Waals surface area (Å²) in [7, 11) is 0. The minimum absolute atomic E-state index is 0.0702. The van der Waals surface area contributed by atoms with E-state index in [0.717, 1.165) is 22.1 Å². The number of halogens is 1. The Kier molecular flexibility index (Phi) is 10.1. The summed E-state index contributed by atoms with van der Waals surface area (Å²) in [6.07, 6.45) is 1.47. The van der Waals surface area contributed by atoms with Gasteiger partial charge < -0.3 is 20.1 Å². The zero-order valence-electron chi connectivity index (χ0n) is 24.5. The van der Waals surface area contributed by atoms with Gasteiger partial charge in [0.1, 0.15) is 5.82 Å². The van der Waals surface area contributed by atoms with E-state index >= 15 is 0 Å². The number of benzene rings is 4. The van der Waals surface area contributed by atoms with Crippen molar-refractivity contribution in [2.75, 3.05) is 23.8 Å². The summed E-state index contributed by atoms with van der Waals surface area (Å²) < 4.78 is 25.1. The normalized spacial score (nSPS) is 10.8. The lowest BCUT2D eigenvalue weighted by Crippen LogP contribution is -2.21. The fourth-order valence-corrected chi connectivity index (χ4v) is 4.87. The third-order valence-corrected chi connectivity index (χ3v) is 7.16. The Morgan fingerprint density at radius 1 is 0.956 bits per heavy atom. The number of hydrogen-bond donors (Lipinski definition) is 3. The van der Waals surface area contributed by atoms with Crippen LogP contribution in [0.15, 0.2) is 101 Å². The smallest absolute Gasteiger partial charge is 0.271 e. The first-order valence-electron chi connectivity index (χ1n) is 14.0. The van der Waals surface area contributed by atoms with Gasteiger partial charge in [-0.25, -0.2) is 14.8 Å². The maximum atomic E-state index is 13.8. The number of nitrogens with zero attached hydrogens (tertiary/aromatic N) is 2. The molecule has 0 aliphatic rings. The van der Waals surface area contributed by atoms with Crippen LogP contribution in [-0.4, -0.2) is 36.2 Å². The number of thiazole rings is 1. The van der Waals surface area contributed by atoms with Crippen LogP contribution in [-0.2, 0) is 4.79 Å². The topological polar surface area (TPSA) is 114 Å². The predicted molar refractivity (Wildman–Crippen MR) is 175 cm³/mol. The third-order valence-electron chi connectivity index (χ3n) is 6.40. The molecule has 0 saturated heterocycles. The largest absolute Gasteiger partial charge is 0.490 e. The molecule has 1 heterocycles. The summed E-state index contributed by atoms with van der Waals surface area (Å²) >= 11 is 1.50. The van der Waals surface area contributed by atoms with E-state index in [9.17, 15) is 14.0 Å². The highest BCUT2D eigenvalue weighted by Crippen LogP contribution is 2.29. The molecule has 9 nitrogen and oxygen atoms in total. The fourth-order valence-electron chi connectivity index (χ4n) is 4.13. The molecule has 5 rings (SSSR count). The molecule has 0 atom stereocenters. The highest BCUT2D eigenvalue weighted by Gasteiger charge is 2.12. The molecule has 11 heteroatoms. The molecule has 0 saturated carbocycles. The van der Waals surface area contributed by atoms with Gasteiger partial charge in [-0.3, -0.25) is 9.59 Å². The van der Waals surface area contributed by atoms with E-state index in [1.807, 2.05) is 55.6 Å². The lowest BCUT2D eigenvalue weighted by molar-refractivity contribution is -0.118. The second-order valence-corrected chi connectivity index (χ2v) is 10.6. The minimum Gasteiger partial charge on any atom is -0.490 e. The number of nitrogens with one attached hydrogen (secondary N) is 3. The van der Waals surface area contributed by atoms with Gasteiger partial charge in [0.2, 0.25) is 0 Å². The van der Waals surface area contributed by atoms with E-state index in [0.29, 0.717) is 29.2 Å². The van der Waals surface area contributed by atoms with Gasteiger partial charge in [0.15, 0.2) is 23.2 Å². The van der Waals surface area contributed by atoms with E-state index in [2.05, 4.69) is 26.1 Å². The Labute approximate surface area is 263 Å². The number of rotatable bonds is 12. The number of carbonyl (C=O) groups is 2. The van der Waals surface area contributed by atoms with Gasteiger partial charge in [0.05, 0.1) is 24.2 Å². The van der Waals surface area contributed by atoms with Gasteiger partial charge in [-0.1, -0.05) is 42.0 Å². The van der Waals surface area contributed by atoms with Crippen molar-refractivity contribution in [3.8, 4) is 22.8 Å². The van der Waals surface area contributed by atoms with Gasteiger partial charge in [-0.05, 0) is 74.0 Å². The first kappa shape index (κ1) is 30.9. The molecule has 0 fully saturated rings. The monoisotopic (exact) mass is 623 g/mol. The van der Waals surface area contributed by atoms with Crippen LogP contribution in [0.1, 0.15) is 28.4 Å². The van der Waals surface area contributed by atoms with Crippen molar-refractivity contribution in [3.05, 3.63) is 119 Å². The average Bonchev–Trinajstić information content (AvgIpc) is 3.51. The third kappa shape index (κ3) is 8.52. The Bertz CT molecular complexity index is 1810. The highest BCUT2D eigenvalue weighted by molar-refractivity contribution is 7.14. The number of hydrazone groups is 1. The fraction of sp³-hybridized carbons (Fsp3) is 0.118. The summed E-state index contributed by atoms with van der Waals surface area (Å²) in [5.41, 5.74) is 7.53. The molecule has 0 unspecified atom stereocenters. The van der Waals surface area contributed by atoms with Gasteiger partial charge in [0.25, 0.3) is 11.8 Å². The zero-order chi connectivity index (χ0) is 31.6. The summed E-state index contributed by atoms with van der Waals surface area (Å²) in [5.74, 6) is -0.703. The SMILES string of the molecule is CCOc1cc(/C=N/NC(=O)c2ccc(-c3csc(Nc4ccc(C)cc4)n3)cc2)ccc1OCC(=O)Nc1ccccc1F. The second kappa shape index (κ2) is 14.8. The Balaban J connectivity index is 1.15. The van der Waals surface area contributed by atoms with Gasteiger partial charge in [0, 0.05) is 22.2 Å². The molecule has 0 radical (unpaired) electrons. The first-order chi connectivity index (χ1) is 21.9. The Morgan fingerprint density at radius 2 is 1.73 bits per heavy atom. The van der Waals surface area contributed by atoms with Crippen molar-refractivity contribution in [3.63, 3.8) is 0 Å². The van der Waals surface area contributed by atoms with E-state index in [1.165, 1.54) is 41.3 Å². The Morgan fingerprint density at radius 3 is 2.49 bits per heavy atom. The van der Waals surface area contributed by atoms with Crippen LogP contribution >= 0.6 is 11.3 Å². The number of ether oxygens (including phenoxy) is 2. The summed E-state index contributed by atoms with van der Waals surface area (Å²) in [4.78, 5) is 29.6. The first-order valence-corrected chi connectivity index (χ1v) is 14.9. The molecule has 228 valence electrons. The molecular weight excluding hydrogens is 593 g/mol. The number of hydrogen-bond acceptors (Lipinski definition) is 8. The Hall–Kier alpha value is -5.55. The quantitative estimate of drug-likeness (QED) is 0.100. The van der Waals surface area contributed by atoms with Crippen LogP contribution < -0.4 is 25.5 Å². The number of carbonyl (C=O) groups excluding carboxylic acids is 2. The van der Waals surface area contributed by atoms with Crippen LogP contribution in [0.25, 0.3) is 11.3 Å². The van der Waals surface area contributed by atoms with Crippen molar-refractivity contribution in [1.82, 2.24) is 10.4 Å². The molecule has 5 aromatic rings. The molecule has 1 aromatic heterocycles. The molecule has 4 aromatic carbocycles. The molecule has 2 amide bonds. The highest BCUT2D eigenvalue weighted by atomic mass is 32.1. The van der Waals surface area contributed by atoms with E-state index in [4.69, 9.17) is 9.47 Å². The van der Waals surface area contributed by atoms with Crippen molar-refractivity contribution >= 4 is 45.9 Å². The van der Waals surface area contributed by atoms with E-state index < -0.39 is 11.7 Å². The van der Waals surface area contributed by atoms with Crippen molar-refractivity contribution in [2.24, 2.45) is 5.10 Å². The van der Waals surface area contributed by atoms with E-state index in [1.54, 1.807) is 36.4 Å². The molecule has 3 N–H and O–H groups in total. The second-order valence-electron chi connectivity index (χ2n) is 9.76. The van der Waals surface area contributed by atoms with Gasteiger partial charge in [-0.2, -0.15) is 5.10 Å². The summed E-state index contributed by atoms with van der Waals surface area (Å²) in [6, 6.07) is 26.1. The van der Waals surface area contributed by atoms with Crippen LogP contribution in [0.4, 0.5) is 20.9 Å². The number of para-hydroxylation sites is 1.